The summed E-state index contributed by atoms with van der Waals surface area (Å²) in [5.41, 5.74) is 1.13. The molecule has 100 valence electrons. The van der Waals surface area contributed by atoms with Crippen LogP contribution in [0.15, 0.2) is 24.4 Å². The summed E-state index contributed by atoms with van der Waals surface area (Å²) in [5, 5.41) is 7.25. The Bertz CT molecular complexity index is 333. The molecule has 0 radical (unpaired) electrons. The molecule has 0 aromatic carbocycles. The zero-order valence-electron chi connectivity index (χ0n) is 11.5. The summed E-state index contributed by atoms with van der Waals surface area (Å²) in [4.78, 5) is 4.40. The Hall–Kier alpha value is -0.930. The zero-order chi connectivity index (χ0) is 12.8. The van der Waals surface area contributed by atoms with Crippen LogP contribution in [0.25, 0.3) is 0 Å². The molecular weight excluding hydrogens is 222 g/mol. The molecule has 2 rings (SSSR count). The summed E-state index contributed by atoms with van der Waals surface area (Å²) in [6.45, 7) is 5.65. The van der Waals surface area contributed by atoms with Crippen molar-refractivity contribution in [2.45, 2.75) is 57.7 Å². The molecule has 1 aromatic rings. The zero-order valence-corrected chi connectivity index (χ0v) is 11.5. The first kappa shape index (κ1) is 13.5. The largest absolute Gasteiger partial charge is 0.314 e. The molecule has 0 saturated carbocycles. The van der Waals surface area contributed by atoms with Crippen LogP contribution in [0.5, 0.6) is 0 Å². The van der Waals surface area contributed by atoms with Crippen molar-refractivity contribution in [3.8, 4) is 0 Å². The maximum atomic E-state index is 4.40. The van der Waals surface area contributed by atoms with Gasteiger partial charge in [0.15, 0.2) is 0 Å². The highest BCUT2D eigenvalue weighted by Gasteiger charge is 2.17. The molecule has 2 N–H and O–H groups in total. The summed E-state index contributed by atoms with van der Waals surface area (Å²) in [5.74, 6) is 0. The fraction of sp³-hybridized carbons (Fsp3) is 0.667. The van der Waals surface area contributed by atoms with Gasteiger partial charge in [-0.1, -0.05) is 12.5 Å². The Labute approximate surface area is 110 Å². The van der Waals surface area contributed by atoms with E-state index in [0.717, 1.165) is 5.69 Å². The average Bonchev–Trinajstić information content (AvgIpc) is 2.40. The van der Waals surface area contributed by atoms with Crippen LogP contribution in [0.4, 0.5) is 0 Å². The highest BCUT2D eigenvalue weighted by atomic mass is 15.0. The second-order valence-corrected chi connectivity index (χ2v) is 5.43. The van der Waals surface area contributed by atoms with E-state index in [9.17, 15) is 0 Å². The van der Waals surface area contributed by atoms with Crippen molar-refractivity contribution in [2.24, 2.45) is 0 Å². The fourth-order valence-electron chi connectivity index (χ4n) is 2.76. The van der Waals surface area contributed by atoms with Crippen molar-refractivity contribution < 1.29 is 0 Å². The molecular formula is C15H25N3. The summed E-state index contributed by atoms with van der Waals surface area (Å²) >= 11 is 0. The number of hydrogen-bond donors (Lipinski definition) is 2. The SMILES string of the molecule is CC(CC1CCCCN1)N[C@H](C)c1ccccn1. The monoisotopic (exact) mass is 247 g/mol. The van der Waals surface area contributed by atoms with Crippen LogP contribution in [0.1, 0.15) is 51.3 Å². The minimum Gasteiger partial charge on any atom is -0.314 e. The topological polar surface area (TPSA) is 37.0 Å². The van der Waals surface area contributed by atoms with Gasteiger partial charge in [-0.05, 0) is 51.8 Å². The standard InChI is InChI=1S/C15H25N3/c1-12(11-14-7-3-5-9-16-14)18-13(2)15-8-4-6-10-17-15/h4,6,8,10,12-14,16,18H,3,5,7,9,11H2,1-2H3/t12?,13-,14?/m1/s1. The third kappa shape index (κ3) is 4.07. The smallest absolute Gasteiger partial charge is 0.0570 e. The van der Waals surface area contributed by atoms with Crippen LogP contribution in [0, 0.1) is 0 Å². The first-order valence-corrected chi connectivity index (χ1v) is 7.16. The van der Waals surface area contributed by atoms with Gasteiger partial charge in [0.05, 0.1) is 5.69 Å². The van der Waals surface area contributed by atoms with E-state index in [1.54, 1.807) is 0 Å². The first-order valence-electron chi connectivity index (χ1n) is 7.16. The molecule has 2 heterocycles. The van der Waals surface area contributed by atoms with Gasteiger partial charge in [-0.3, -0.25) is 4.98 Å². The molecule has 1 fully saturated rings. The molecule has 0 amide bonds. The van der Waals surface area contributed by atoms with E-state index >= 15 is 0 Å². The van der Waals surface area contributed by atoms with Crippen LogP contribution in [-0.2, 0) is 0 Å². The number of aromatic nitrogens is 1. The molecule has 3 heteroatoms. The summed E-state index contributed by atoms with van der Waals surface area (Å²) in [6, 6.07) is 7.64. The second kappa shape index (κ2) is 6.86. The lowest BCUT2D eigenvalue weighted by molar-refractivity contribution is 0.333. The van der Waals surface area contributed by atoms with E-state index in [-0.39, 0.29) is 0 Å². The number of piperidine rings is 1. The molecule has 3 nitrogen and oxygen atoms in total. The van der Waals surface area contributed by atoms with Crippen molar-refractivity contribution in [3.63, 3.8) is 0 Å². The predicted octanol–water partition coefficient (Wildman–Crippen LogP) is 2.65. The van der Waals surface area contributed by atoms with Crippen LogP contribution in [0.2, 0.25) is 0 Å². The fourth-order valence-corrected chi connectivity index (χ4v) is 2.76. The maximum Gasteiger partial charge on any atom is 0.0570 e. The van der Waals surface area contributed by atoms with Gasteiger partial charge in [-0.2, -0.15) is 0 Å². The second-order valence-electron chi connectivity index (χ2n) is 5.43. The summed E-state index contributed by atoms with van der Waals surface area (Å²) < 4.78 is 0. The van der Waals surface area contributed by atoms with E-state index in [2.05, 4.69) is 35.5 Å². The molecule has 1 saturated heterocycles. The van der Waals surface area contributed by atoms with Gasteiger partial charge in [0.2, 0.25) is 0 Å². The maximum absolute atomic E-state index is 4.40. The van der Waals surface area contributed by atoms with Crippen molar-refractivity contribution in [3.05, 3.63) is 30.1 Å². The van der Waals surface area contributed by atoms with Crippen LogP contribution in [0.3, 0.4) is 0 Å². The summed E-state index contributed by atoms with van der Waals surface area (Å²) in [6.07, 6.45) is 7.10. The molecule has 2 unspecified atom stereocenters. The van der Waals surface area contributed by atoms with Gasteiger partial charge < -0.3 is 10.6 Å². The number of hydrogen-bond acceptors (Lipinski definition) is 3. The lowest BCUT2D eigenvalue weighted by Gasteiger charge is -2.28. The quantitative estimate of drug-likeness (QED) is 0.840. The molecule has 0 spiro atoms. The third-order valence-corrected chi connectivity index (χ3v) is 3.72. The van der Waals surface area contributed by atoms with Crippen LogP contribution < -0.4 is 10.6 Å². The van der Waals surface area contributed by atoms with Gasteiger partial charge in [-0.25, -0.2) is 0 Å². The predicted molar refractivity (Wildman–Crippen MR) is 75.5 cm³/mol. The van der Waals surface area contributed by atoms with Gasteiger partial charge in [0.1, 0.15) is 0 Å². The van der Waals surface area contributed by atoms with Crippen molar-refractivity contribution >= 4 is 0 Å². The van der Waals surface area contributed by atoms with Gasteiger partial charge in [0.25, 0.3) is 0 Å². The molecule has 1 aliphatic heterocycles. The van der Waals surface area contributed by atoms with Crippen molar-refractivity contribution in [2.75, 3.05) is 6.54 Å². The Kier molecular flexibility index (Phi) is 5.14. The minimum atomic E-state index is 0.324. The Morgan fingerprint density at radius 1 is 1.39 bits per heavy atom. The van der Waals surface area contributed by atoms with Crippen molar-refractivity contribution in [1.29, 1.82) is 0 Å². The number of pyridine rings is 1. The van der Waals surface area contributed by atoms with Gasteiger partial charge in [0, 0.05) is 24.3 Å². The number of nitrogens with one attached hydrogen (secondary N) is 2. The number of rotatable bonds is 5. The average molecular weight is 247 g/mol. The highest BCUT2D eigenvalue weighted by Crippen LogP contribution is 2.15. The van der Waals surface area contributed by atoms with Crippen LogP contribution in [-0.4, -0.2) is 23.6 Å². The normalized spacial score (nSPS) is 23.6. The summed E-state index contributed by atoms with van der Waals surface area (Å²) in [7, 11) is 0. The van der Waals surface area contributed by atoms with E-state index in [0.29, 0.717) is 18.1 Å². The van der Waals surface area contributed by atoms with E-state index < -0.39 is 0 Å². The lowest BCUT2D eigenvalue weighted by atomic mass is 9.98. The molecule has 3 atom stereocenters. The third-order valence-electron chi connectivity index (χ3n) is 3.72. The molecule has 1 aliphatic rings. The van der Waals surface area contributed by atoms with Crippen LogP contribution >= 0.6 is 0 Å². The van der Waals surface area contributed by atoms with Gasteiger partial charge in [-0.15, -0.1) is 0 Å². The lowest BCUT2D eigenvalue weighted by Crippen LogP contribution is -2.40. The Morgan fingerprint density at radius 3 is 2.94 bits per heavy atom. The molecule has 1 aromatic heterocycles. The van der Waals surface area contributed by atoms with E-state index in [4.69, 9.17) is 0 Å². The Morgan fingerprint density at radius 2 is 2.28 bits per heavy atom. The molecule has 18 heavy (non-hydrogen) atoms. The Balaban J connectivity index is 1.78. The van der Waals surface area contributed by atoms with Gasteiger partial charge >= 0.3 is 0 Å². The first-order chi connectivity index (χ1) is 8.75. The molecule has 0 bridgehead atoms. The van der Waals surface area contributed by atoms with E-state index in [1.165, 1.54) is 32.2 Å². The minimum absolute atomic E-state index is 0.324. The van der Waals surface area contributed by atoms with E-state index in [1.807, 2.05) is 18.3 Å². The van der Waals surface area contributed by atoms with Crippen molar-refractivity contribution in [1.82, 2.24) is 15.6 Å². The molecule has 0 aliphatic carbocycles. The highest BCUT2D eigenvalue weighted by molar-refractivity contribution is 5.07. The number of nitrogens with zero attached hydrogens (tertiary/aromatic N) is 1.